The lowest BCUT2D eigenvalue weighted by Crippen LogP contribution is -2.44. The molecule has 1 rings (SSSR count). The molecule has 0 bridgehead atoms. The van der Waals surface area contributed by atoms with Crippen LogP contribution in [-0.4, -0.2) is 36.9 Å². The fraction of sp³-hybridized carbons (Fsp3) is 0.857. The van der Waals surface area contributed by atoms with E-state index in [-0.39, 0.29) is 12.6 Å². The number of hydrogen-bond acceptors (Lipinski definition) is 2. The first-order valence-corrected chi connectivity index (χ1v) is 4.17. The summed E-state index contributed by atoms with van der Waals surface area (Å²) in [6, 6.07) is 0.270. The summed E-state index contributed by atoms with van der Waals surface area (Å²) in [5.41, 5.74) is 2.32. The van der Waals surface area contributed by atoms with Gasteiger partial charge in [-0.05, 0) is 12.8 Å². The van der Waals surface area contributed by atoms with E-state index in [1.807, 2.05) is 0 Å². The molecule has 0 spiro atoms. The third-order valence-electron chi connectivity index (χ3n) is 1.75. The normalized spacial score (nSPS) is 17.8. The molecule has 0 aliphatic heterocycles. The molecule has 1 fully saturated rings. The van der Waals surface area contributed by atoms with Crippen molar-refractivity contribution in [1.29, 1.82) is 0 Å². The minimum Gasteiger partial charge on any atom is -0.339 e. The number of alkyl halides is 2. The van der Waals surface area contributed by atoms with Crippen LogP contribution in [0.3, 0.4) is 0 Å². The Balaban J connectivity index is 2.43. The van der Waals surface area contributed by atoms with Crippen molar-refractivity contribution in [3.63, 3.8) is 0 Å². The molecule has 13 heavy (non-hydrogen) atoms. The highest BCUT2D eigenvalue weighted by molar-refractivity contribution is 5.79. The second-order valence-corrected chi connectivity index (χ2v) is 3.10. The van der Waals surface area contributed by atoms with Gasteiger partial charge in [0.05, 0.1) is 12.6 Å². The zero-order valence-corrected chi connectivity index (χ0v) is 7.50. The number of nitrogens with zero attached hydrogens (tertiary/aromatic N) is 2. The minimum atomic E-state index is -2.37. The summed E-state index contributed by atoms with van der Waals surface area (Å²) in [4.78, 5) is 5.46. The number of rotatable bonds is 3. The van der Waals surface area contributed by atoms with Gasteiger partial charge in [-0.15, -0.1) is 0 Å². The van der Waals surface area contributed by atoms with Gasteiger partial charge in [0.2, 0.25) is 5.96 Å². The van der Waals surface area contributed by atoms with E-state index in [4.69, 9.17) is 5.84 Å². The maximum atomic E-state index is 12.0. The Hall–Kier alpha value is -0.910. The van der Waals surface area contributed by atoms with Crippen LogP contribution in [0.15, 0.2) is 4.99 Å². The second-order valence-electron chi connectivity index (χ2n) is 3.10. The first-order chi connectivity index (χ1) is 6.13. The van der Waals surface area contributed by atoms with Crippen LogP contribution in [0.5, 0.6) is 0 Å². The number of halogens is 2. The molecule has 0 aromatic rings. The van der Waals surface area contributed by atoms with Gasteiger partial charge in [0, 0.05) is 7.05 Å². The average Bonchev–Trinajstić information content (AvgIpc) is 2.81. The predicted molar refractivity (Wildman–Crippen MR) is 46.4 cm³/mol. The van der Waals surface area contributed by atoms with E-state index < -0.39 is 6.43 Å². The van der Waals surface area contributed by atoms with E-state index >= 15 is 0 Å². The minimum absolute atomic E-state index is 0.270. The summed E-state index contributed by atoms with van der Waals surface area (Å²) in [7, 11) is 1.53. The van der Waals surface area contributed by atoms with Crippen LogP contribution in [0.25, 0.3) is 0 Å². The monoisotopic (exact) mass is 192 g/mol. The Morgan fingerprint density at radius 3 is 2.69 bits per heavy atom. The van der Waals surface area contributed by atoms with Crippen LogP contribution >= 0.6 is 0 Å². The highest BCUT2D eigenvalue weighted by atomic mass is 19.3. The van der Waals surface area contributed by atoms with Crippen LogP contribution in [-0.2, 0) is 0 Å². The number of hydrazine groups is 1. The molecule has 0 radical (unpaired) electrons. The predicted octanol–water partition coefficient (Wildman–Crippen LogP) is 0.165. The zero-order chi connectivity index (χ0) is 9.84. The van der Waals surface area contributed by atoms with Gasteiger partial charge >= 0.3 is 0 Å². The lowest BCUT2D eigenvalue weighted by molar-refractivity contribution is 0.122. The van der Waals surface area contributed by atoms with Gasteiger partial charge in [0.1, 0.15) is 0 Å². The third-order valence-corrected chi connectivity index (χ3v) is 1.75. The van der Waals surface area contributed by atoms with Crippen LogP contribution in [0, 0.1) is 0 Å². The molecule has 1 saturated carbocycles. The highest BCUT2D eigenvalue weighted by Crippen LogP contribution is 2.23. The van der Waals surface area contributed by atoms with E-state index in [1.165, 1.54) is 11.9 Å². The molecule has 76 valence electrons. The summed E-state index contributed by atoms with van der Waals surface area (Å²) < 4.78 is 23.9. The lowest BCUT2D eigenvalue weighted by atomic mass is 10.6. The zero-order valence-electron chi connectivity index (χ0n) is 7.50. The van der Waals surface area contributed by atoms with Crippen molar-refractivity contribution < 1.29 is 8.78 Å². The molecule has 4 nitrogen and oxygen atoms in total. The summed E-state index contributed by atoms with van der Waals surface area (Å²) in [5, 5.41) is 0. The van der Waals surface area contributed by atoms with E-state index in [9.17, 15) is 8.78 Å². The maximum Gasteiger partial charge on any atom is 0.255 e. The van der Waals surface area contributed by atoms with Crippen molar-refractivity contribution in [3.05, 3.63) is 0 Å². The largest absolute Gasteiger partial charge is 0.339 e. The highest BCUT2D eigenvalue weighted by Gasteiger charge is 2.22. The molecule has 0 unspecified atom stereocenters. The smallest absolute Gasteiger partial charge is 0.255 e. The number of nitrogens with two attached hydrogens (primary N) is 1. The number of guanidine groups is 1. The van der Waals surface area contributed by atoms with E-state index in [2.05, 4.69) is 10.4 Å². The molecular weight excluding hydrogens is 178 g/mol. The molecule has 0 heterocycles. The van der Waals surface area contributed by atoms with Crippen molar-refractivity contribution >= 4 is 5.96 Å². The maximum absolute atomic E-state index is 12.0. The van der Waals surface area contributed by atoms with Crippen molar-refractivity contribution in [3.8, 4) is 0 Å². The van der Waals surface area contributed by atoms with Crippen molar-refractivity contribution in [2.24, 2.45) is 10.8 Å². The average molecular weight is 192 g/mol. The SMILES string of the molecule is CN(CC(F)F)C(=NC1CC1)NN. The topological polar surface area (TPSA) is 53.6 Å². The summed E-state index contributed by atoms with van der Waals surface area (Å²) >= 11 is 0. The number of hydrogen-bond donors (Lipinski definition) is 2. The Labute approximate surface area is 75.8 Å². The number of aliphatic imine (C=N–C) groups is 1. The van der Waals surface area contributed by atoms with Crippen LogP contribution in [0.4, 0.5) is 8.78 Å². The lowest BCUT2D eigenvalue weighted by Gasteiger charge is -2.19. The van der Waals surface area contributed by atoms with Crippen LogP contribution in [0.2, 0.25) is 0 Å². The first-order valence-electron chi connectivity index (χ1n) is 4.17. The van der Waals surface area contributed by atoms with Crippen LogP contribution in [0.1, 0.15) is 12.8 Å². The molecule has 6 heteroatoms. The molecule has 1 aliphatic rings. The molecule has 0 atom stereocenters. The summed E-state index contributed by atoms with van der Waals surface area (Å²) in [5.74, 6) is 5.49. The quantitative estimate of drug-likeness (QED) is 0.290. The van der Waals surface area contributed by atoms with E-state index in [1.54, 1.807) is 0 Å². The Bertz CT molecular complexity index is 191. The van der Waals surface area contributed by atoms with Crippen molar-refractivity contribution in [2.45, 2.75) is 25.3 Å². The number of nitrogens with one attached hydrogen (secondary N) is 1. The fourth-order valence-electron chi connectivity index (χ4n) is 0.916. The van der Waals surface area contributed by atoms with Gasteiger partial charge < -0.3 is 4.90 Å². The molecule has 0 saturated heterocycles. The van der Waals surface area contributed by atoms with Gasteiger partial charge in [-0.25, -0.2) is 19.6 Å². The Morgan fingerprint density at radius 1 is 1.69 bits per heavy atom. The standard InChI is InChI=1S/C7H14F2N4/c1-13(4-6(8)9)7(12-10)11-5-2-3-5/h5-6H,2-4,10H2,1H3,(H,11,12). The second kappa shape index (κ2) is 4.36. The van der Waals surface area contributed by atoms with Gasteiger partial charge in [-0.3, -0.25) is 5.43 Å². The molecule has 0 amide bonds. The fourth-order valence-corrected chi connectivity index (χ4v) is 0.916. The van der Waals surface area contributed by atoms with E-state index in [0.29, 0.717) is 5.96 Å². The van der Waals surface area contributed by atoms with Gasteiger partial charge in [0.25, 0.3) is 6.43 Å². The first kappa shape index (κ1) is 10.2. The Kier molecular flexibility index (Phi) is 3.41. The molecule has 3 N–H and O–H groups in total. The summed E-state index contributed by atoms with van der Waals surface area (Å²) in [6.45, 7) is -0.351. The molecular formula is C7H14F2N4. The van der Waals surface area contributed by atoms with Gasteiger partial charge in [0.15, 0.2) is 0 Å². The van der Waals surface area contributed by atoms with Crippen molar-refractivity contribution in [1.82, 2.24) is 10.3 Å². The third kappa shape index (κ3) is 3.54. The molecule has 1 aliphatic carbocycles. The summed E-state index contributed by atoms with van der Waals surface area (Å²) in [6.07, 6.45) is -0.329. The Morgan fingerprint density at radius 2 is 2.31 bits per heavy atom. The molecule has 0 aromatic carbocycles. The van der Waals surface area contributed by atoms with Crippen molar-refractivity contribution in [2.75, 3.05) is 13.6 Å². The molecule has 0 aromatic heterocycles. The van der Waals surface area contributed by atoms with E-state index in [0.717, 1.165) is 12.8 Å². The van der Waals surface area contributed by atoms with Gasteiger partial charge in [-0.1, -0.05) is 0 Å². The van der Waals surface area contributed by atoms with Crippen LogP contribution < -0.4 is 11.3 Å². The van der Waals surface area contributed by atoms with Gasteiger partial charge in [-0.2, -0.15) is 0 Å².